The van der Waals surface area contributed by atoms with E-state index in [9.17, 15) is 40.5 Å². The van der Waals surface area contributed by atoms with Gasteiger partial charge in [0, 0.05) is 11.5 Å². The highest BCUT2D eigenvalue weighted by Gasteiger charge is 2.54. The highest BCUT2D eigenvalue weighted by atomic mass is 17.0. The lowest BCUT2D eigenvalue weighted by Gasteiger charge is -2.41. The van der Waals surface area contributed by atoms with E-state index >= 15 is 0 Å². The van der Waals surface area contributed by atoms with Crippen LogP contribution in [-0.4, -0.2) is 64.4 Å². The van der Waals surface area contributed by atoms with Crippen LogP contribution in [0, 0.1) is 40.5 Å². The van der Waals surface area contributed by atoms with Gasteiger partial charge in [-0.05, 0) is 6.92 Å². The first-order chi connectivity index (χ1) is 12.1. The van der Waals surface area contributed by atoms with E-state index in [1.807, 2.05) is 0 Å². The normalized spacial score (nSPS) is 28.0. The molecule has 0 aliphatic carbocycles. The van der Waals surface area contributed by atoms with Crippen LogP contribution in [0.3, 0.4) is 0 Å². The Morgan fingerprint density at radius 1 is 0.769 bits per heavy atom. The summed E-state index contributed by atoms with van der Waals surface area (Å²) in [6.07, 6.45) is -10.0. The highest BCUT2D eigenvalue weighted by Crippen LogP contribution is 2.29. The van der Waals surface area contributed by atoms with Gasteiger partial charge in [-0.2, -0.15) is 0 Å². The molecule has 1 fully saturated rings. The third kappa shape index (κ3) is 6.07. The fraction of sp³-hybridized carbons (Fsp3) is 1.00. The lowest BCUT2D eigenvalue weighted by molar-refractivity contribution is -0.826. The van der Waals surface area contributed by atoms with Gasteiger partial charge in [0.05, 0.1) is 0 Å². The molecule has 0 unspecified atom stereocenters. The van der Waals surface area contributed by atoms with Crippen molar-refractivity contribution in [1.29, 1.82) is 0 Å². The Hall–Kier alpha value is -3.12. The molecule has 1 aliphatic rings. The molecule has 148 valence electrons. The summed E-state index contributed by atoms with van der Waals surface area (Å²) < 4.78 is 14.6. The molecule has 1 rings (SSSR count). The van der Waals surface area contributed by atoms with Gasteiger partial charge in [-0.1, -0.05) is 0 Å². The van der Waals surface area contributed by atoms with Crippen molar-refractivity contribution in [3.8, 4) is 0 Å². The third-order valence-corrected chi connectivity index (χ3v) is 2.75. The fourth-order valence-corrected chi connectivity index (χ4v) is 1.99. The Kier molecular flexibility index (Phi) is 7.55. The summed E-state index contributed by atoms with van der Waals surface area (Å²) in [5.74, 6) is 0. The molecule has 0 aromatic rings. The molecular weight excluding hydrogens is 376 g/mol. The van der Waals surface area contributed by atoms with Crippen LogP contribution >= 0.6 is 0 Å². The van der Waals surface area contributed by atoms with E-state index < -0.39 is 57.8 Å². The van der Waals surface area contributed by atoms with Gasteiger partial charge in [0.15, 0.2) is 30.9 Å². The Balaban J connectivity index is 3.22. The summed E-state index contributed by atoms with van der Waals surface area (Å²) >= 11 is 0. The maximum absolute atomic E-state index is 10.7. The van der Waals surface area contributed by atoms with Gasteiger partial charge < -0.3 is 24.0 Å². The molecule has 1 saturated heterocycles. The minimum absolute atomic E-state index is 0.143. The summed E-state index contributed by atoms with van der Waals surface area (Å²) in [6.45, 7) is 0.0472. The fourth-order valence-electron chi connectivity index (χ4n) is 1.99. The smallest absolute Gasteiger partial charge is 0.308 e. The molecule has 0 amide bonds. The van der Waals surface area contributed by atoms with E-state index in [0.717, 1.165) is 0 Å². The molecule has 0 aromatic carbocycles. The first-order valence-corrected chi connectivity index (χ1v) is 6.59. The van der Waals surface area contributed by atoms with Crippen LogP contribution in [0.1, 0.15) is 6.92 Å². The van der Waals surface area contributed by atoms with Crippen LogP contribution in [0.4, 0.5) is 0 Å². The van der Waals surface area contributed by atoms with Crippen LogP contribution in [0.5, 0.6) is 0 Å². The average molecular weight is 388 g/mol. The number of ether oxygens (including phenoxy) is 3. The summed E-state index contributed by atoms with van der Waals surface area (Å²) in [4.78, 5) is 53.9. The van der Waals surface area contributed by atoms with E-state index in [-0.39, 0.29) is 6.61 Å². The third-order valence-electron chi connectivity index (χ3n) is 2.75. The van der Waals surface area contributed by atoms with Crippen LogP contribution in [-0.2, 0) is 28.7 Å². The maximum atomic E-state index is 10.7. The van der Waals surface area contributed by atoms with Gasteiger partial charge in [0.25, 0.3) is 15.3 Å². The first-order valence-electron chi connectivity index (χ1n) is 6.59. The van der Waals surface area contributed by atoms with Gasteiger partial charge in [0.1, 0.15) is 0 Å². The molecule has 0 spiro atoms. The highest BCUT2D eigenvalue weighted by molar-refractivity contribution is 4.88. The zero-order valence-corrected chi connectivity index (χ0v) is 12.8. The quantitative estimate of drug-likeness (QED) is 0.227. The van der Waals surface area contributed by atoms with Crippen molar-refractivity contribution in [1.82, 2.24) is 0 Å². The number of rotatable bonds is 11. The van der Waals surface area contributed by atoms with Gasteiger partial charge in [-0.3, -0.25) is 14.9 Å². The van der Waals surface area contributed by atoms with Crippen molar-refractivity contribution in [3.05, 3.63) is 40.5 Å². The van der Waals surface area contributed by atoms with E-state index in [0.29, 0.717) is 0 Å². The molecule has 0 radical (unpaired) electrons. The molecule has 18 nitrogen and oxygen atoms in total. The first kappa shape index (κ1) is 20.9. The van der Waals surface area contributed by atoms with E-state index in [1.165, 1.54) is 6.92 Å². The molecule has 26 heavy (non-hydrogen) atoms. The molecule has 0 bridgehead atoms. The molecule has 1 aliphatic heterocycles. The standard InChI is InChI=1S/C8H12N4O14/c1-2-21-7-5(25-11(17)18)4(24-10(15)16)6(26-12(19)20)8(23-7)22-3-9(13)14/h4-8H,2-3H2,1H3/t4-,5-,6+,7-,8+/m1/s1. The minimum Gasteiger partial charge on any atom is -0.350 e. The van der Waals surface area contributed by atoms with E-state index in [2.05, 4.69) is 19.2 Å². The molecule has 0 saturated carbocycles. The van der Waals surface area contributed by atoms with E-state index in [4.69, 9.17) is 9.47 Å². The van der Waals surface area contributed by atoms with E-state index in [1.54, 1.807) is 0 Å². The monoisotopic (exact) mass is 388 g/mol. The van der Waals surface area contributed by atoms with Crippen molar-refractivity contribution >= 4 is 0 Å². The Morgan fingerprint density at radius 2 is 1.19 bits per heavy atom. The molecule has 5 atom stereocenters. The summed E-state index contributed by atoms with van der Waals surface area (Å²) in [5.41, 5.74) is 0. The van der Waals surface area contributed by atoms with Crippen molar-refractivity contribution in [2.24, 2.45) is 0 Å². The maximum Gasteiger partial charge on any atom is 0.308 e. The lowest BCUT2D eigenvalue weighted by Crippen LogP contribution is -2.62. The molecule has 0 N–H and O–H groups in total. The molecule has 18 heteroatoms. The van der Waals surface area contributed by atoms with Crippen molar-refractivity contribution < 1.29 is 48.9 Å². The second kappa shape index (κ2) is 9.39. The zero-order valence-electron chi connectivity index (χ0n) is 12.8. The number of hydrogen-bond acceptors (Lipinski definition) is 14. The predicted octanol–water partition coefficient (Wildman–Crippen LogP) is -1.31. The zero-order chi connectivity index (χ0) is 19.9. The molecule has 1 heterocycles. The van der Waals surface area contributed by atoms with Crippen LogP contribution < -0.4 is 0 Å². The van der Waals surface area contributed by atoms with Crippen LogP contribution in [0.2, 0.25) is 0 Å². The second-order valence-electron chi connectivity index (χ2n) is 4.34. The number of nitrogens with zero attached hydrogens (tertiary/aromatic N) is 4. The van der Waals surface area contributed by atoms with Crippen LogP contribution in [0.15, 0.2) is 0 Å². The van der Waals surface area contributed by atoms with Crippen molar-refractivity contribution in [2.45, 2.75) is 37.8 Å². The molecule has 0 aromatic heterocycles. The van der Waals surface area contributed by atoms with Gasteiger partial charge in [-0.25, -0.2) is 0 Å². The Bertz CT molecular complexity index is 543. The van der Waals surface area contributed by atoms with Gasteiger partial charge >= 0.3 is 6.73 Å². The molecular formula is C8H12N4O14. The topological polar surface area (TPSA) is 228 Å². The number of hydrogen-bond donors (Lipinski definition) is 0. The minimum atomic E-state index is -2.15. The lowest BCUT2D eigenvalue weighted by atomic mass is 10.0. The summed E-state index contributed by atoms with van der Waals surface area (Å²) in [7, 11) is 0. The SMILES string of the molecule is CCO[C@@H]1O[C@H](OC[N+](=O)[O-])[C@@H](O[N+](=O)[O-])[C@H](O[N+](=O)[O-])[C@H]1O[N+](=O)[O-]. The summed E-state index contributed by atoms with van der Waals surface area (Å²) in [5, 5.41) is 38.1. The van der Waals surface area contributed by atoms with Crippen molar-refractivity contribution in [2.75, 3.05) is 13.3 Å². The predicted molar refractivity (Wildman–Crippen MR) is 68.8 cm³/mol. The Morgan fingerprint density at radius 3 is 1.58 bits per heavy atom. The largest absolute Gasteiger partial charge is 0.350 e. The average Bonchev–Trinajstić information content (AvgIpc) is 2.50. The second-order valence-corrected chi connectivity index (χ2v) is 4.34. The van der Waals surface area contributed by atoms with Gasteiger partial charge in [0.2, 0.25) is 0 Å². The Labute approximate surface area is 141 Å². The van der Waals surface area contributed by atoms with Crippen molar-refractivity contribution in [3.63, 3.8) is 0 Å². The number of nitro groups is 1. The van der Waals surface area contributed by atoms with Crippen LogP contribution in [0.25, 0.3) is 0 Å². The van der Waals surface area contributed by atoms with Gasteiger partial charge in [-0.15, -0.1) is 30.3 Å². The summed E-state index contributed by atoms with van der Waals surface area (Å²) in [6, 6.07) is 0.